The number of carbonyl (C=O) groups excluding carboxylic acids is 1. The molecule has 2 heterocycles. The molecule has 178 valence electrons. The van der Waals surface area contributed by atoms with Crippen LogP contribution in [-0.4, -0.2) is 40.3 Å². The summed E-state index contributed by atoms with van der Waals surface area (Å²) in [6.07, 6.45) is 3.48. The Morgan fingerprint density at radius 1 is 1.09 bits per heavy atom. The first-order chi connectivity index (χ1) is 16.4. The smallest absolute Gasteiger partial charge is 0.198 e. The van der Waals surface area contributed by atoms with Crippen LogP contribution in [0.2, 0.25) is 0 Å². The number of rotatable bonds is 8. The van der Waals surface area contributed by atoms with Crippen LogP contribution in [0.5, 0.6) is 11.5 Å². The Bertz CT molecular complexity index is 1100. The minimum absolute atomic E-state index is 0.157. The lowest BCUT2D eigenvalue weighted by Crippen LogP contribution is -2.42. The number of carbonyl (C=O) groups is 1. The molecule has 0 spiro atoms. The highest BCUT2D eigenvalue weighted by Crippen LogP contribution is 2.32. The molecule has 4 rings (SSSR count). The van der Waals surface area contributed by atoms with E-state index in [0.29, 0.717) is 28.5 Å². The third kappa shape index (κ3) is 5.61. The predicted octanol–water partition coefficient (Wildman–Crippen LogP) is 4.45. The van der Waals surface area contributed by atoms with Crippen molar-refractivity contribution in [3.8, 4) is 11.5 Å². The molecule has 2 aromatic carbocycles. The van der Waals surface area contributed by atoms with Crippen LogP contribution in [0, 0.1) is 11.8 Å². The van der Waals surface area contributed by atoms with Crippen LogP contribution in [-0.2, 0) is 0 Å². The van der Waals surface area contributed by atoms with Crippen molar-refractivity contribution in [3.63, 3.8) is 0 Å². The van der Waals surface area contributed by atoms with Crippen LogP contribution in [0.15, 0.2) is 60.9 Å². The van der Waals surface area contributed by atoms with E-state index < -0.39 is 0 Å². The number of para-hydroxylation sites is 1. The van der Waals surface area contributed by atoms with Gasteiger partial charge in [0.2, 0.25) is 0 Å². The van der Waals surface area contributed by atoms with Gasteiger partial charge >= 0.3 is 0 Å². The van der Waals surface area contributed by atoms with Crippen molar-refractivity contribution in [3.05, 3.63) is 77.7 Å². The van der Waals surface area contributed by atoms with E-state index in [9.17, 15) is 4.79 Å². The van der Waals surface area contributed by atoms with E-state index in [4.69, 9.17) is 16.2 Å². The van der Waals surface area contributed by atoms with Crippen molar-refractivity contribution < 1.29 is 9.53 Å². The molecule has 34 heavy (non-hydrogen) atoms. The van der Waals surface area contributed by atoms with Crippen molar-refractivity contribution in [2.75, 3.05) is 25.4 Å². The van der Waals surface area contributed by atoms with Crippen LogP contribution in [0.1, 0.15) is 54.3 Å². The number of piperidine rings is 1. The number of anilines is 1. The largest absolute Gasteiger partial charge is 0.457 e. The third-order valence-corrected chi connectivity index (χ3v) is 6.22. The fourth-order valence-corrected chi connectivity index (χ4v) is 4.63. The number of hydrogen-bond donors (Lipinski definition) is 2. The molecule has 1 aromatic heterocycles. The zero-order valence-corrected chi connectivity index (χ0v) is 19.9. The van der Waals surface area contributed by atoms with E-state index >= 15 is 0 Å². The summed E-state index contributed by atoms with van der Waals surface area (Å²) in [5, 5.41) is 0. The van der Waals surface area contributed by atoms with Gasteiger partial charge < -0.3 is 21.1 Å². The van der Waals surface area contributed by atoms with Crippen molar-refractivity contribution >= 4 is 11.6 Å². The highest BCUT2D eigenvalue weighted by molar-refractivity contribution is 6.12. The number of nitrogens with zero attached hydrogens (tertiary/aromatic N) is 3. The monoisotopic (exact) mass is 459 g/mol. The number of ketones is 1. The van der Waals surface area contributed by atoms with Crippen LogP contribution in [0.3, 0.4) is 0 Å². The molecule has 1 aliphatic rings. The standard InChI is InChI=1S/C27H33N5O2/c1-18(2)15-32-14-6-7-20(16-32)24(28)25-23(27(29)31-17-30-25)26(33)19-10-12-22(13-11-19)34-21-8-4-3-5-9-21/h3-5,8-13,17-18,20,24H,6-7,14-16,28H2,1-2H3,(H2,29,30,31)/t20-,24?/m1/s1. The summed E-state index contributed by atoms with van der Waals surface area (Å²) >= 11 is 0. The normalized spacial score (nSPS) is 17.5. The summed E-state index contributed by atoms with van der Waals surface area (Å²) < 4.78 is 5.84. The first-order valence-corrected chi connectivity index (χ1v) is 11.9. The van der Waals surface area contributed by atoms with Gasteiger partial charge in [0.05, 0.1) is 17.3 Å². The summed E-state index contributed by atoms with van der Waals surface area (Å²) in [7, 11) is 0. The highest BCUT2D eigenvalue weighted by atomic mass is 16.5. The van der Waals surface area contributed by atoms with Crippen molar-refractivity contribution in [2.45, 2.75) is 32.7 Å². The van der Waals surface area contributed by atoms with Crippen molar-refractivity contribution in [2.24, 2.45) is 17.6 Å². The lowest BCUT2D eigenvalue weighted by molar-refractivity contribution is 0.103. The molecule has 2 atom stereocenters. The van der Waals surface area contributed by atoms with Crippen LogP contribution in [0.25, 0.3) is 0 Å². The average molecular weight is 460 g/mol. The van der Waals surface area contributed by atoms with E-state index in [1.807, 2.05) is 30.3 Å². The minimum Gasteiger partial charge on any atom is -0.457 e. The van der Waals surface area contributed by atoms with Crippen molar-refractivity contribution in [1.82, 2.24) is 14.9 Å². The SMILES string of the molecule is CC(C)CN1CCC[C@@H](C(N)c2ncnc(N)c2C(=O)c2ccc(Oc3ccccc3)cc2)C1. The highest BCUT2D eigenvalue weighted by Gasteiger charge is 2.31. The Morgan fingerprint density at radius 2 is 1.79 bits per heavy atom. The number of aromatic nitrogens is 2. The number of hydrogen-bond acceptors (Lipinski definition) is 7. The number of nitrogens with two attached hydrogens (primary N) is 2. The maximum absolute atomic E-state index is 13.5. The zero-order valence-electron chi connectivity index (χ0n) is 19.9. The Hall–Kier alpha value is -3.29. The quantitative estimate of drug-likeness (QED) is 0.479. The molecule has 1 unspecified atom stereocenters. The fourth-order valence-electron chi connectivity index (χ4n) is 4.63. The van der Waals surface area contributed by atoms with Gasteiger partial charge in [-0.05, 0) is 67.6 Å². The second-order valence-electron chi connectivity index (χ2n) is 9.37. The number of ether oxygens (including phenoxy) is 1. The molecular weight excluding hydrogens is 426 g/mol. The molecule has 1 fully saturated rings. The lowest BCUT2D eigenvalue weighted by atomic mass is 9.86. The van der Waals surface area contributed by atoms with Crippen LogP contribution < -0.4 is 16.2 Å². The summed E-state index contributed by atoms with van der Waals surface area (Å²) in [6, 6.07) is 16.1. The molecule has 1 aliphatic heterocycles. The topological polar surface area (TPSA) is 107 Å². The van der Waals surface area contributed by atoms with Gasteiger partial charge in [0.25, 0.3) is 0 Å². The molecule has 3 aromatic rings. The van der Waals surface area contributed by atoms with Gasteiger partial charge in [-0.1, -0.05) is 32.0 Å². The van der Waals surface area contributed by atoms with Gasteiger partial charge in [0.15, 0.2) is 5.78 Å². The van der Waals surface area contributed by atoms with Gasteiger partial charge in [0.1, 0.15) is 23.6 Å². The van der Waals surface area contributed by atoms with Gasteiger partial charge in [-0.2, -0.15) is 0 Å². The van der Waals surface area contributed by atoms with Gasteiger partial charge in [-0.15, -0.1) is 0 Å². The molecule has 7 heteroatoms. The molecular formula is C27H33N5O2. The Labute approximate surface area is 201 Å². The van der Waals surface area contributed by atoms with Crippen LogP contribution in [0.4, 0.5) is 5.82 Å². The second kappa shape index (κ2) is 10.8. The van der Waals surface area contributed by atoms with Gasteiger partial charge in [-0.25, -0.2) is 9.97 Å². The Morgan fingerprint density at radius 3 is 2.50 bits per heavy atom. The van der Waals surface area contributed by atoms with E-state index in [1.165, 1.54) is 6.33 Å². The molecule has 0 amide bonds. The average Bonchev–Trinajstić information content (AvgIpc) is 2.84. The predicted molar refractivity (Wildman–Crippen MR) is 134 cm³/mol. The Balaban J connectivity index is 1.54. The zero-order chi connectivity index (χ0) is 24.1. The van der Waals surface area contributed by atoms with Crippen LogP contribution >= 0.6 is 0 Å². The van der Waals surface area contributed by atoms with Gasteiger partial charge in [-0.3, -0.25) is 4.79 Å². The first-order valence-electron chi connectivity index (χ1n) is 11.9. The maximum atomic E-state index is 13.5. The molecule has 0 bridgehead atoms. The van der Waals surface area contributed by atoms with E-state index in [1.54, 1.807) is 24.3 Å². The maximum Gasteiger partial charge on any atom is 0.198 e. The summed E-state index contributed by atoms with van der Waals surface area (Å²) in [5.74, 6) is 2.10. The first kappa shape index (κ1) is 23.9. The Kier molecular flexibility index (Phi) is 7.55. The number of likely N-dealkylation sites (tertiary alicyclic amines) is 1. The molecule has 1 saturated heterocycles. The van der Waals surface area contributed by atoms with Gasteiger partial charge in [0, 0.05) is 18.7 Å². The molecule has 4 N–H and O–H groups in total. The van der Waals surface area contributed by atoms with E-state index in [0.717, 1.165) is 38.2 Å². The summed E-state index contributed by atoms with van der Waals surface area (Å²) in [4.78, 5) is 24.5. The second-order valence-corrected chi connectivity index (χ2v) is 9.37. The minimum atomic E-state index is -0.389. The number of benzene rings is 2. The molecule has 7 nitrogen and oxygen atoms in total. The molecule has 0 radical (unpaired) electrons. The summed E-state index contributed by atoms with van der Waals surface area (Å²) in [6.45, 7) is 7.46. The molecule has 0 aliphatic carbocycles. The summed E-state index contributed by atoms with van der Waals surface area (Å²) in [5.41, 5.74) is 14.2. The number of nitrogen functional groups attached to an aromatic ring is 1. The van der Waals surface area contributed by atoms with E-state index in [-0.39, 0.29) is 23.6 Å². The third-order valence-electron chi connectivity index (χ3n) is 6.22. The fraction of sp³-hybridized carbons (Fsp3) is 0.370. The van der Waals surface area contributed by atoms with Crippen molar-refractivity contribution in [1.29, 1.82) is 0 Å². The molecule has 0 saturated carbocycles. The lowest BCUT2D eigenvalue weighted by Gasteiger charge is -2.36. The van der Waals surface area contributed by atoms with E-state index in [2.05, 4.69) is 28.7 Å².